The largest absolute Gasteiger partial charge is 0.462 e. The molecule has 1 saturated carbocycles. The Hall–Kier alpha value is -2.50. The molecule has 11 heteroatoms. The molecular weight excluding hydrogens is 500 g/mol. The maximum atomic E-state index is 12.9. The summed E-state index contributed by atoms with van der Waals surface area (Å²) in [6.45, 7) is 11.2. The van der Waals surface area contributed by atoms with E-state index in [0.29, 0.717) is 12.0 Å². The highest BCUT2D eigenvalue weighted by Gasteiger charge is 2.88. The van der Waals surface area contributed by atoms with Crippen molar-refractivity contribution in [1.29, 1.82) is 0 Å². The van der Waals surface area contributed by atoms with E-state index in [4.69, 9.17) is 28.4 Å². The molecular formula is C27H36O11. The lowest BCUT2D eigenvalue weighted by molar-refractivity contribution is -0.209. The zero-order valence-corrected chi connectivity index (χ0v) is 22.8. The highest BCUT2D eigenvalue weighted by molar-refractivity contribution is 5.89. The first kappa shape index (κ1) is 27.1. The quantitative estimate of drug-likeness (QED) is 0.241. The molecule has 1 spiro atoms. The highest BCUT2D eigenvalue weighted by Crippen LogP contribution is 2.69. The number of carbonyl (C=O) groups excluding carboxylic acids is 4. The minimum Gasteiger partial charge on any atom is -0.462 e. The number of rotatable bonds is 4. The van der Waals surface area contributed by atoms with E-state index >= 15 is 0 Å². The summed E-state index contributed by atoms with van der Waals surface area (Å²) in [4.78, 5) is 50.1. The standard InChI is InChI=1S/C27H36O11/c1-8-20(30)35-16-10-15(33-13(3)28)12(2)9-19-27(26(7,38-27)23(32)36-19)22(31)21-24(16,5)17(34-14(4)29)11-18-25(21,6)37-18/h9,15-19,21-22,31H,8,10-11H2,1-7H3/b12-9-/t15-,16+,17+,18+,19+,21-,22+,24+,25+,26+,27+/m1/s1. The Bertz CT molecular complexity index is 1120. The molecule has 3 heterocycles. The van der Waals surface area contributed by atoms with Crippen molar-refractivity contribution in [2.45, 2.75) is 121 Å². The SMILES string of the molecule is CCC(=O)O[C@H]1C[C@@H](OC(C)=O)/C(C)=C\[C@@H]2OC(=O)[C@]3(C)O[C@]23[C@@H](O)[C@H]2[C@@]3(C)O[C@H]3C[C@H](OC(C)=O)[C@]12C. The van der Waals surface area contributed by atoms with Gasteiger partial charge in [0.25, 0.3) is 0 Å². The monoisotopic (exact) mass is 536 g/mol. The third-order valence-corrected chi connectivity index (χ3v) is 9.49. The van der Waals surface area contributed by atoms with Gasteiger partial charge in [0.15, 0.2) is 17.3 Å². The molecule has 0 amide bonds. The molecule has 11 nitrogen and oxygen atoms in total. The van der Waals surface area contributed by atoms with Crippen molar-refractivity contribution in [2.24, 2.45) is 11.3 Å². The number of carbonyl (C=O) groups is 4. The van der Waals surface area contributed by atoms with E-state index < -0.39 is 82.5 Å². The summed E-state index contributed by atoms with van der Waals surface area (Å²) in [6, 6.07) is 0. The van der Waals surface area contributed by atoms with Crippen molar-refractivity contribution >= 4 is 23.9 Å². The molecule has 210 valence electrons. The van der Waals surface area contributed by atoms with Gasteiger partial charge in [-0.2, -0.15) is 0 Å². The number of esters is 4. The maximum Gasteiger partial charge on any atom is 0.342 e. The molecule has 0 aromatic heterocycles. The van der Waals surface area contributed by atoms with Crippen molar-refractivity contribution in [1.82, 2.24) is 0 Å². The maximum absolute atomic E-state index is 12.9. The van der Waals surface area contributed by atoms with Gasteiger partial charge in [-0.25, -0.2) is 4.79 Å². The summed E-state index contributed by atoms with van der Waals surface area (Å²) in [6.07, 6.45) is -3.25. The molecule has 0 aromatic rings. The van der Waals surface area contributed by atoms with Crippen LogP contribution >= 0.6 is 0 Å². The van der Waals surface area contributed by atoms with Crippen LogP contribution in [0.3, 0.4) is 0 Å². The number of aliphatic hydroxyl groups excluding tert-OH is 1. The zero-order chi connectivity index (χ0) is 28.0. The van der Waals surface area contributed by atoms with Crippen molar-refractivity contribution in [2.75, 3.05) is 0 Å². The summed E-state index contributed by atoms with van der Waals surface area (Å²) in [5.74, 6) is -3.03. The van der Waals surface area contributed by atoms with Crippen LogP contribution in [0.5, 0.6) is 0 Å². The molecule has 38 heavy (non-hydrogen) atoms. The Morgan fingerprint density at radius 2 is 1.68 bits per heavy atom. The van der Waals surface area contributed by atoms with Gasteiger partial charge in [-0.15, -0.1) is 0 Å². The summed E-state index contributed by atoms with van der Waals surface area (Å²) in [7, 11) is 0. The van der Waals surface area contributed by atoms with Crippen LogP contribution in [-0.2, 0) is 47.6 Å². The van der Waals surface area contributed by atoms with E-state index in [1.54, 1.807) is 33.8 Å². The fourth-order valence-electron chi connectivity index (χ4n) is 7.34. The van der Waals surface area contributed by atoms with Gasteiger partial charge >= 0.3 is 23.9 Å². The number of aliphatic hydroxyl groups is 1. The second-order valence-electron chi connectivity index (χ2n) is 11.7. The minimum atomic E-state index is -1.47. The number of ether oxygens (including phenoxy) is 6. The molecule has 2 aliphatic carbocycles. The van der Waals surface area contributed by atoms with Gasteiger partial charge in [0, 0.05) is 39.0 Å². The predicted octanol–water partition coefficient (Wildman–Crippen LogP) is 1.52. The molecule has 1 N–H and O–H groups in total. The Kier molecular flexibility index (Phi) is 6.06. The average Bonchev–Trinajstić information content (AvgIpc) is 3.66. The second kappa shape index (κ2) is 8.50. The van der Waals surface area contributed by atoms with Crippen LogP contribution in [0.4, 0.5) is 0 Å². The number of fused-ring (bicyclic) bond motifs is 3. The van der Waals surface area contributed by atoms with Crippen LogP contribution in [0.25, 0.3) is 0 Å². The Labute approximate surface area is 221 Å². The first-order valence-corrected chi connectivity index (χ1v) is 13.1. The molecule has 4 fully saturated rings. The molecule has 5 aliphatic rings. The van der Waals surface area contributed by atoms with Gasteiger partial charge in [0.1, 0.15) is 18.3 Å². The molecule has 5 rings (SSSR count). The van der Waals surface area contributed by atoms with Crippen LogP contribution in [0.2, 0.25) is 0 Å². The predicted molar refractivity (Wildman–Crippen MR) is 127 cm³/mol. The summed E-state index contributed by atoms with van der Waals surface area (Å²) in [5.41, 5.74) is -4.47. The van der Waals surface area contributed by atoms with E-state index in [1.165, 1.54) is 13.8 Å². The van der Waals surface area contributed by atoms with Gasteiger partial charge in [0.2, 0.25) is 0 Å². The van der Waals surface area contributed by atoms with Gasteiger partial charge in [0.05, 0.1) is 23.2 Å². The van der Waals surface area contributed by atoms with Gasteiger partial charge in [-0.3, -0.25) is 14.4 Å². The molecule has 3 saturated heterocycles. The van der Waals surface area contributed by atoms with Crippen molar-refractivity contribution in [3.8, 4) is 0 Å². The average molecular weight is 537 g/mol. The molecule has 0 radical (unpaired) electrons. The lowest BCUT2D eigenvalue weighted by Gasteiger charge is -2.53. The Morgan fingerprint density at radius 3 is 2.26 bits per heavy atom. The fourth-order valence-corrected chi connectivity index (χ4v) is 7.34. The van der Waals surface area contributed by atoms with Gasteiger partial charge in [-0.05, 0) is 32.4 Å². The van der Waals surface area contributed by atoms with Crippen molar-refractivity contribution in [3.05, 3.63) is 11.6 Å². The zero-order valence-electron chi connectivity index (χ0n) is 22.8. The topological polar surface area (TPSA) is 150 Å². The van der Waals surface area contributed by atoms with Gasteiger partial charge in [-0.1, -0.05) is 13.8 Å². The van der Waals surface area contributed by atoms with E-state index in [2.05, 4.69) is 0 Å². The van der Waals surface area contributed by atoms with E-state index in [9.17, 15) is 24.3 Å². The third kappa shape index (κ3) is 3.57. The van der Waals surface area contributed by atoms with Crippen molar-refractivity contribution < 1.29 is 52.7 Å². The summed E-state index contributed by atoms with van der Waals surface area (Å²) in [5, 5.41) is 12.2. The number of hydrogen-bond donors (Lipinski definition) is 1. The smallest absolute Gasteiger partial charge is 0.342 e. The first-order valence-electron chi connectivity index (χ1n) is 13.1. The fraction of sp³-hybridized carbons (Fsp3) is 0.778. The van der Waals surface area contributed by atoms with Crippen LogP contribution in [0, 0.1) is 11.3 Å². The van der Waals surface area contributed by atoms with E-state index in [1.807, 2.05) is 6.92 Å². The van der Waals surface area contributed by atoms with E-state index in [-0.39, 0.29) is 18.9 Å². The molecule has 0 bridgehead atoms. The van der Waals surface area contributed by atoms with Crippen LogP contribution in [-0.4, -0.2) is 82.4 Å². The summed E-state index contributed by atoms with van der Waals surface area (Å²) < 4.78 is 35.4. The lowest BCUT2D eigenvalue weighted by Crippen LogP contribution is -2.66. The Morgan fingerprint density at radius 1 is 1.05 bits per heavy atom. The number of epoxide rings is 2. The lowest BCUT2D eigenvalue weighted by atomic mass is 9.53. The third-order valence-electron chi connectivity index (χ3n) is 9.49. The normalized spacial score (nSPS) is 49.9. The van der Waals surface area contributed by atoms with E-state index in [0.717, 1.165) is 0 Å². The summed E-state index contributed by atoms with van der Waals surface area (Å²) >= 11 is 0. The second-order valence-corrected chi connectivity index (χ2v) is 11.7. The Balaban J connectivity index is 1.73. The molecule has 0 unspecified atom stereocenters. The van der Waals surface area contributed by atoms with Crippen LogP contribution in [0.15, 0.2) is 11.6 Å². The molecule has 11 atom stereocenters. The van der Waals surface area contributed by atoms with Crippen molar-refractivity contribution in [3.63, 3.8) is 0 Å². The van der Waals surface area contributed by atoms with Crippen LogP contribution in [0.1, 0.15) is 67.7 Å². The van der Waals surface area contributed by atoms with Crippen LogP contribution < -0.4 is 0 Å². The molecule has 3 aliphatic heterocycles. The molecule has 0 aromatic carbocycles. The van der Waals surface area contributed by atoms with Gasteiger partial charge < -0.3 is 33.5 Å². The minimum absolute atomic E-state index is 0.0255. The highest BCUT2D eigenvalue weighted by atomic mass is 16.7. The number of hydrogen-bond acceptors (Lipinski definition) is 11. The first-order chi connectivity index (χ1) is 17.6.